The minimum Gasteiger partial charge on any atom is -0.468 e. The standard InChI is InChI=1S/C36H42F3N5O4/c1-4-25-28(38)8-7-22-15-24(48-21-46-3)16-26(29(22)25)31-30(39)32-27(18-40-31)33(43-13-5-10-35(2,45)19-43)42-34(41-32)47-20-36-11-6-14-44(36)23(17-37)9-12-36/h7-8,15-16,18,23,45H,4-6,9-14,17,19-21H2,1-3H3/t23-,35+,36+/m0/s1. The molecule has 2 aromatic carbocycles. The molecule has 0 saturated carbocycles. The lowest BCUT2D eigenvalue weighted by Gasteiger charge is -2.38. The number of piperidine rings is 1. The maximum atomic E-state index is 17.0. The van der Waals surface area contributed by atoms with Crippen LogP contribution in [-0.2, 0) is 11.2 Å². The summed E-state index contributed by atoms with van der Waals surface area (Å²) in [6, 6.07) is 6.34. The molecule has 3 aliphatic rings. The molecule has 0 unspecified atom stereocenters. The van der Waals surface area contributed by atoms with Gasteiger partial charge in [-0.25, -0.2) is 13.2 Å². The number of fused-ring (bicyclic) bond motifs is 3. The number of methoxy groups -OCH3 is 1. The number of ether oxygens (including phenoxy) is 3. The van der Waals surface area contributed by atoms with Gasteiger partial charge in [0.2, 0.25) is 0 Å². The fourth-order valence-corrected chi connectivity index (χ4v) is 8.12. The van der Waals surface area contributed by atoms with Crippen LogP contribution in [0, 0.1) is 11.6 Å². The van der Waals surface area contributed by atoms with E-state index in [1.54, 1.807) is 25.1 Å². The Balaban J connectivity index is 1.37. The van der Waals surface area contributed by atoms with E-state index >= 15 is 8.78 Å². The van der Waals surface area contributed by atoms with Crippen molar-refractivity contribution in [3.8, 4) is 23.0 Å². The van der Waals surface area contributed by atoms with E-state index in [1.165, 1.54) is 19.4 Å². The molecular weight excluding hydrogens is 623 g/mol. The molecule has 48 heavy (non-hydrogen) atoms. The van der Waals surface area contributed by atoms with Crippen LogP contribution in [0.3, 0.4) is 0 Å². The normalized spacial score (nSPS) is 24.5. The van der Waals surface area contributed by atoms with Gasteiger partial charge in [-0.3, -0.25) is 9.88 Å². The summed E-state index contributed by atoms with van der Waals surface area (Å²) in [5.41, 5.74) is -0.480. The first-order chi connectivity index (χ1) is 23.2. The maximum absolute atomic E-state index is 17.0. The zero-order chi connectivity index (χ0) is 33.6. The van der Waals surface area contributed by atoms with Crippen LogP contribution >= 0.6 is 0 Å². The average molecular weight is 666 g/mol. The highest BCUT2D eigenvalue weighted by atomic mass is 19.1. The number of rotatable bonds is 10. The average Bonchev–Trinajstić information content (AvgIpc) is 3.65. The highest BCUT2D eigenvalue weighted by Crippen LogP contribution is 2.44. The topological polar surface area (TPSA) is 93.1 Å². The monoisotopic (exact) mass is 665 g/mol. The van der Waals surface area contributed by atoms with Crippen LogP contribution in [-0.4, -0.2) is 89.0 Å². The fourth-order valence-electron chi connectivity index (χ4n) is 8.12. The van der Waals surface area contributed by atoms with Gasteiger partial charge in [0.15, 0.2) is 12.6 Å². The maximum Gasteiger partial charge on any atom is 0.319 e. The third-order valence-electron chi connectivity index (χ3n) is 10.4. The van der Waals surface area contributed by atoms with E-state index < -0.39 is 23.9 Å². The van der Waals surface area contributed by atoms with Crippen molar-refractivity contribution in [2.75, 3.05) is 51.7 Å². The fraction of sp³-hybridized carbons (Fsp3) is 0.528. The van der Waals surface area contributed by atoms with E-state index in [2.05, 4.69) is 14.9 Å². The molecular formula is C36H42F3N5O4. The van der Waals surface area contributed by atoms with Crippen molar-refractivity contribution in [1.82, 2.24) is 19.9 Å². The summed E-state index contributed by atoms with van der Waals surface area (Å²) in [4.78, 5) is 18.1. The number of aromatic nitrogens is 3. The summed E-state index contributed by atoms with van der Waals surface area (Å²) < 4.78 is 63.2. The molecule has 4 aromatic rings. The highest BCUT2D eigenvalue weighted by molar-refractivity contribution is 6.01. The van der Waals surface area contributed by atoms with Crippen LogP contribution in [0.5, 0.6) is 11.8 Å². The summed E-state index contributed by atoms with van der Waals surface area (Å²) in [7, 11) is 1.51. The quantitative estimate of drug-likeness (QED) is 0.194. The van der Waals surface area contributed by atoms with Crippen LogP contribution in [0.4, 0.5) is 19.0 Å². The van der Waals surface area contributed by atoms with E-state index in [9.17, 15) is 9.50 Å². The summed E-state index contributed by atoms with van der Waals surface area (Å²) in [5, 5.41) is 12.5. The molecule has 3 atom stereocenters. The van der Waals surface area contributed by atoms with E-state index in [0.717, 1.165) is 38.6 Å². The van der Waals surface area contributed by atoms with Crippen molar-refractivity contribution in [3.05, 3.63) is 47.7 Å². The Morgan fingerprint density at radius 1 is 1.06 bits per heavy atom. The molecule has 2 aromatic heterocycles. The zero-order valence-corrected chi connectivity index (χ0v) is 27.7. The molecule has 3 aliphatic heterocycles. The van der Waals surface area contributed by atoms with Gasteiger partial charge in [-0.05, 0) is 92.9 Å². The lowest BCUT2D eigenvalue weighted by molar-refractivity contribution is 0.0446. The molecule has 5 heterocycles. The predicted octanol–water partition coefficient (Wildman–Crippen LogP) is 6.36. The van der Waals surface area contributed by atoms with Crippen LogP contribution in [0.1, 0.15) is 57.9 Å². The van der Waals surface area contributed by atoms with Crippen LogP contribution in [0.2, 0.25) is 0 Å². The molecule has 9 nitrogen and oxygen atoms in total. The number of aliphatic hydroxyl groups is 1. The van der Waals surface area contributed by atoms with Gasteiger partial charge in [0.05, 0.1) is 16.5 Å². The van der Waals surface area contributed by atoms with Crippen molar-refractivity contribution in [1.29, 1.82) is 0 Å². The summed E-state index contributed by atoms with van der Waals surface area (Å²) in [6.45, 7) is 5.17. The molecule has 0 spiro atoms. The summed E-state index contributed by atoms with van der Waals surface area (Å²) in [5.74, 6) is -0.261. The second kappa shape index (κ2) is 12.9. The molecule has 256 valence electrons. The van der Waals surface area contributed by atoms with Crippen molar-refractivity contribution < 1.29 is 32.5 Å². The largest absolute Gasteiger partial charge is 0.468 e. The van der Waals surface area contributed by atoms with E-state index in [1.807, 2.05) is 11.8 Å². The molecule has 7 rings (SSSR count). The van der Waals surface area contributed by atoms with Gasteiger partial charge < -0.3 is 24.2 Å². The van der Waals surface area contributed by atoms with Gasteiger partial charge in [-0.1, -0.05) is 13.0 Å². The first kappa shape index (κ1) is 32.8. The van der Waals surface area contributed by atoms with E-state index in [-0.39, 0.29) is 42.2 Å². The van der Waals surface area contributed by atoms with Gasteiger partial charge in [-0.15, -0.1) is 0 Å². The number of alkyl halides is 1. The van der Waals surface area contributed by atoms with Crippen molar-refractivity contribution in [3.63, 3.8) is 0 Å². The Kier molecular flexibility index (Phi) is 8.84. The predicted molar refractivity (Wildman–Crippen MR) is 177 cm³/mol. The van der Waals surface area contributed by atoms with E-state index in [0.29, 0.717) is 64.8 Å². The van der Waals surface area contributed by atoms with Gasteiger partial charge >= 0.3 is 6.01 Å². The number of hydrogen-bond acceptors (Lipinski definition) is 9. The Morgan fingerprint density at radius 2 is 1.90 bits per heavy atom. The summed E-state index contributed by atoms with van der Waals surface area (Å²) >= 11 is 0. The third-order valence-corrected chi connectivity index (χ3v) is 10.4. The number of aryl methyl sites for hydroxylation is 1. The Hall–Kier alpha value is -3.74. The lowest BCUT2D eigenvalue weighted by Crippen LogP contribution is -2.47. The molecule has 12 heteroatoms. The molecule has 0 aliphatic carbocycles. The van der Waals surface area contributed by atoms with Crippen LogP contribution in [0.15, 0.2) is 30.5 Å². The van der Waals surface area contributed by atoms with Crippen LogP contribution < -0.4 is 14.4 Å². The number of pyridine rings is 1. The smallest absolute Gasteiger partial charge is 0.319 e. The number of benzene rings is 2. The minimum atomic E-state index is -0.959. The van der Waals surface area contributed by atoms with E-state index in [4.69, 9.17) is 19.2 Å². The van der Waals surface area contributed by atoms with Crippen molar-refractivity contribution >= 4 is 27.5 Å². The second-order valence-electron chi connectivity index (χ2n) is 13.7. The third kappa shape index (κ3) is 5.81. The Bertz CT molecular complexity index is 1840. The van der Waals surface area contributed by atoms with Crippen molar-refractivity contribution in [2.45, 2.75) is 76.0 Å². The number of nitrogens with zero attached hydrogens (tertiary/aromatic N) is 5. The SMILES string of the molecule is CCc1c(F)ccc2cc(OCOC)cc(-c3ncc4c(N5CCC[C@@](C)(O)C5)nc(OC[C@]56CCCN5[C@H](CF)CC6)nc4c3F)c12. The first-order valence-electron chi connectivity index (χ1n) is 16.8. The molecule has 1 N–H and O–H groups in total. The zero-order valence-electron chi connectivity index (χ0n) is 27.7. The molecule has 3 fully saturated rings. The van der Waals surface area contributed by atoms with Gasteiger partial charge in [0, 0.05) is 38.0 Å². The number of anilines is 1. The number of β-amino-alcohol motifs (C(OH)–C–C–N with tert-alkyl or cyclic N) is 1. The minimum absolute atomic E-state index is 0.00451. The number of hydrogen-bond donors (Lipinski definition) is 1. The summed E-state index contributed by atoms with van der Waals surface area (Å²) in [6.07, 6.45) is 6.68. The highest BCUT2D eigenvalue weighted by Gasteiger charge is 2.50. The molecule has 0 bridgehead atoms. The Morgan fingerprint density at radius 3 is 2.67 bits per heavy atom. The van der Waals surface area contributed by atoms with Gasteiger partial charge in [0.25, 0.3) is 0 Å². The van der Waals surface area contributed by atoms with Gasteiger partial charge in [-0.2, -0.15) is 9.97 Å². The lowest BCUT2D eigenvalue weighted by atomic mass is 9.94. The van der Waals surface area contributed by atoms with Gasteiger partial charge in [0.1, 0.15) is 41.9 Å². The van der Waals surface area contributed by atoms with Crippen molar-refractivity contribution in [2.24, 2.45) is 0 Å². The molecule has 3 saturated heterocycles. The van der Waals surface area contributed by atoms with Crippen LogP contribution in [0.25, 0.3) is 32.9 Å². The second-order valence-corrected chi connectivity index (χ2v) is 13.7. The number of halogens is 3. The first-order valence-corrected chi connectivity index (χ1v) is 16.8. The Labute approximate surface area is 278 Å². The molecule has 0 amide bonds. The molecule has 0 radical (unpaired) electrons.